The zero-order valence-electron chi connectivity index (χ0n) is 12.1. The van der Waals surface area contributed by atoms with E-state index in [1.54, 1.807) is 12.3 Å². The van der Waals surface area contributed by atoms with Crippen LogP contribution in [-0.4, -0.2) is 70.7 Å². The smallest absolute Gasteiger partial charge is 0.347 e. The van der Waals surface area contributed by atoms with Crippen molar-refractivity contribution < 1.29 is 9.53 Å². The van der Waals surface area contributed by atoms with Crippen LogP contribution in [0.5, 0.6) is 0 Å². The Kier molecular flexibility index (Phi) is 4.03. The summed E-state index contributed by atoms with van der Waals surface area (Å²) in [6.45, 7) is 3.00. The average molecular weight is 292 g/mol. The van der Waals surface area contributed by atoms with Gasteiger partial charge >= 0.3 is 5.69 Å². The minimum absolute atomic E-state index is 0.0413. The first-order valence-corrected chi connectivity index (χ1v) is 7.26. The molecule has 1 aromatic rings. The van der Waals surface area contributed by atoms with E-state index in [4.69, 9.17) is 4.74 Å². The van der Waals surface area contributed by atoms with E-state index in [1.807, 2.05) is 4.90 Å². The number of carbonyl (C=O) groups excluding carboxylic acids is 1. The highest BCUT2D eigenvalue weighted by molar-refractivity contribution is 5.76. The summed E-state index contributed by atoms with van der Waals surface area (Å²) in [6.07, 6.45) is 4.09. The molecular formula is C14H20N4O3. The number of rotatable bonds is 2. The number of aromatic nitrogens is 2. The summed E-state index contributed by atoms with van der Waals surface area (Å²) in [4.78, 5) is 31.9. The van der Waals surface area contributed by atoms with Crippen molar-refractivity contribution in [1.29, 1.82) is 0 Å². The number of hydrogen-bond donors (Lipinski definition) is 0. The number of hydrogen-bond acceptors (Lipinski definition) is 5. The van der Waals surface area contributed by atoms with Crippen LogP contribution >= 0.6 is 0 Å². The Morgan fingerprint density at radius 2 is 2.33 bits per heavy atom. The molecule has 3 rings (SSSR count). The molecule has 0 radical (unpaired) electrons. The van der Waals surface area contributed by atoms with Crippen LogP contribution < -0.4 is 5.69 Å². The number of morpholine rings is 1. The minimum Gasteiger partial charge on any atom is -0.374 e. The van der Waals surface area contributed by atoms with E-state index in [0.717, 1.165) is 19.5 Å². The zero-order chi connectivity index (χ0) is 14.8. The molecule has 114 valence electrons. The third kappa shape index (κ3) is 2.98. The lowest BCUT2D eigenvalue weighted by Crippen LogP contribution is -2.61. The van der Waals surface area contributed by atoms with Gasteiger partial charge in [-0.25, -0.2) is 9.78 Å². The van der Waals surface area contributed by atoms with Crippen molar-refractivity contribution in [3.05, 3.63) is 28.9 Å². The fourth-order valence-electron chi connectivity index (χ4n) is 3.08. The van der Waals surface area contributed by atoms with Gasteiger partial charge in [-0.05, 0) is 19.5 Å². The van der Waals surface area contributed by atoms with Crippen molar-refractivity contribution in [3.63, 3.8) is 0 Å². The number of likely N-dealkylation sites (N-methyl/N-ethyl adjacent to an activating group) is 1. The van der Waals surface area contributed by atoms with Gasteiger partial charge in [-0.3, -0.25) is 9.36 Å². The first-order valence-electron chi connectivity index (χ1n) is 7.26. The summed E-state index contributed by atoms with van der Waals surface area (Å²) in [6, 6.07) is 1.74. The number of fused-ring (bicyclic) bond motifs is 1. The zero-order valence-corrected chi connectivity index (χ0v) is 12.1. The molecule has 21 heavy (non-hydrogen) atoms. The predicted octanol–water partition coefficient (Wildman–Crippen LogP) is -0.825. The Hall–Kier alpha value is -1.73. The van der Waals surface area contributed by atoms with Gasteiger partial charge < -0.3 is 14.5 Å². The molecule has 0 N–H and O–H groups in total. The van der Waals surface area contributed by atoms with Crippen molar-refractivity contribution in [2.45, 2.75) is 25.1 Å². The Bertz CT molecular complexity index is 573. The lowest BCUT2D eigenvalue weighted by atomic mass is 9.99. The molecule has 7 heteroatoms. The number of likely N-dealkylation sites (tertiary alicyclic amines) is 1. The molecule has 2 fully saturated rings. The summed E-state index contributed by atoms with van der Waals surface area (Å²) in [5.74, 6) is -0.0429. The van der Waals surface area contributed by atoms with Crippen molar-refractivity contribution in [2.75, 3.05) is 33.3 Å². The van der Waals surface area contributed by atoms with E-state index in [-0.39, 0.29) is 24.6 Å². The van der Waals surface area contributed by atoms with Crippen LogP contribution in [0.3, 0.4) is 0 Å². The highest BCUT2D eigenvalue weighted by Gasteiger charge is 2.38. The van der Waals surface area contributed by atoms with Gasteiger partial charge in [0, 0.05) is 32.0 Å². The summed E-state index contributed by atoms with van der Waals surface area (Å²) >= 11 is 0. The van der Waals surface area contributed by atoms with Crippen LogP contribution in [0, 0.1) is 0 Å². The first kappa shape index (κ1) is 14.2. The lowest BCUT2D eigenvalue weighted by Gasteiger charge is -2.46. The number of piperidine rings is 1. The van der Waals surface area contributed by atoms with Crippen molar-refractivity contribution in [3.8, 4) is 0 Å². The van der Waals surface area contributed by atoms with E-state index in [0.29, 0.717) is 13.2 Å². The van der Waals surface area contributed by atoms with Crippen LogP contribution in [0.15, 0.2) is 23.3 Å². The van der Waals surface area contributed by atoms with Crippen LogP contribution in [0.25, 0.3) is 0 Å². The standard InChI is InChI=1S/C14H20N4O3/c1-16-6-3-12-11(9-16)18(7-8-21-12)13(19)10-17-5-2-4-15-14(17)20/h2,4-5,11-12H,3,6-10H2,1H3/t11-,12+/m1/s1. The fourth-order valence-corrected chi connectivity index (χ4v) is 3.08. The Morgan fingerprint density at radius 3 is 3.14 bits per heavy atom. The summed E-state index contributed by atoms with van der Waals surface area (Å²) < 4.78 is 7.13. The van der Waals surface area contributed by atoms with E-state index >= 15 is 0 Å². The number of carbonyl (C=O) groups is 1. The molecule has 0 spiro atoms. The normalized spacial score (nSPS) is 26.4. The third-order valence-electron chi connectivity index (χ3n) is 4.20. The molecule has 2 aliphatic rings. The van der Waals surface area contributed by atoms with Crippen LogP contribution in [-0.2, 0) is 16.1 Å². The Labute approximate surface area is 123 Å². The van der Waals surface area contributed by atoms with E-state index in [2.05, 4.69) is 16.9 Å². The quantitative estimate of drug-likeness (QED) is 0.712. The van der Waals surface area contributed by atoms with Gasteiger partial charge in [0.15, 0.2) is 0 Å². The number of nitrogens with zero attached hydrogens (tertiary/aromatic N) is 4. The first-order chi connectivity index (χ1) is 10.1. The molecule has 0 aromatic carbocycles. The SMILES string of the molecule is CN1CC[C@@H]2OCCN(C(=O)Cn3cccnc3=O)[C@@H]2C1. The molecule has 7 nitrogen and oxygen atoms in total. The second-order valence-corrected chi connectivity index (χ2v) is 5.64. The highest BCUT2D eigenvalue weighted by Crippen LogP contribution is 2.22. The molecule has 3 heterocycles. The van der Waals surface area contributed by atoms with E-state index in [9.17, 15) is 9.59 Å². The maximum absolute atomic E-state index is 12.5. The number of amides is 1. The van der Waals surface area contributed by atoms with Gasteiger partial charge in [0.05, 0.1) is 18.8 Å². The topological polar surface area (TPSA) is 67.7 Å². The predicted molar refractivity (Wildman–Crippen MR) is 75.9 cm³/mol. The lowest BCUT2D eigenvalue weighted by molar-refractivity contribution is -0.152. The van der Waals surface area contributed by atoms with Crippen LogP contribution in [0.1, 0.15) is 6.42 Å². The molecular weight excluding hydrogens is 272 g/mol. The van der Waals surface area contributed by atoms with Crippen molar-refractivity contribution >= 4 is 5.91 Å². The molecule has 0 bridgehead atoms. The second kappa shape index (κ2) is 5.95. The largest absolute Gasteiger partial charge is 0.374 e. The Morgan fingerprint density at radius 1 is 1.48 bits per heavy atom. The molecule has 2 saturated heterocycles. The Balaban J connectivity index is 1.74. The third-order valence-corrected chi connectivity index (χ3v) is 4.20. The van der Waals surface area contributed by atoms with Gasteiger partial charge in [-0.2, -0.15) is 0 Å². The molecule has 2 aliphatic heterocycles. The summed E-state index contributed by atoms with van der Waals surface area (Å²) in [7, 11) is 2.05. The summed E-state index contributed by atoms with van der Waals surface area (Å²) in [5, 5.41) is 0. The molecule has 1 aromatic heterocycles. The summed E-state index contributed by atoms with van der Waals surface area (Å²) in [5.41, 5.74) is -0.392. The fraction of sp³-hybridized carbons (Fsp3) is 0.643. The molecule has 0 saturated carbocycles. The molecule has 2 atom stereocenters. The second-order valence-electron chi connectivity index (χ2n) is 5.64. The van der Waals surface area contributed by atoms with E-state index < -0.39 is 5.69 Å². The maximum Gasteiger partial charge on any atom is 0.347 e. The van der Waals surface area contributed by atoms with Crippen LogP contribution in [0.4, 0.5) is 0 Å². The number of ether oxygens (including phenoxy) is 1. The van der Waals surface area contributed by atoms with Crippen molar-refractivity contribution in [2.24, 2.45) is 0 Å². The van der Waals surface area contributed by atoms with Gasteiger partial charge in [-0.15, -0.1) is 0 Å². The van der Waals surface area contributed by atoms with Gasteiger partial charge in [-0.1, -0.05) is 0 Å². The monoisotopic (exact) mass is 292 g/mol. The van der Waals surface area contributed by atoms with E-state index in [1.165, 1.54) is 10.8 Å². The van der Waals surface area contributed by atoms with Crippen molar-refractivity contribution in [1.82, 2.24) is 19.4 Å². The van der Waals surface area contributed by atoms with Gasteiger partial charge in [0.2, 0.25) is 5.91 Å². The van der Waals surface area contributed by atoms with Gasteiger partial charge in [0.1, 0.15) is 6.54 Å². The molecule has 0 aliphatic carbocycles. The van der Waals surface area contributed by atoms with Crippen LogP contribution in [0.2, 0.25) is 0 Å². The highest BCUT2D eigenvalue weighted by atomic mass is 16.5. The molecule has 0 unspecified atom stereocenters. The minimum atomic E-state index is -0.392. The average Bonchev–Trinajstić information content (AvgIpc) is 2.49. The molecule has 1 amide bonds. The maximum atomic E-state index is 12.5. The van der Waals surface area contributed by atoms with Gasteiger partial charge in [0.25, 0.3) is 0 Å².